The normalized spacial score (nSPS) is 20.1. The molecule has 1 saturated heterocycles. The first-order valence-electron chi connectivity index (χ1n) is 7.64. The SMILES string of the molecule is CCNC(=NCCC(C)C)NC1CCN(CC(F)(F)F)C1.I. The van der Waals surface area contributed by atoms with Gasteiger partial charge < -0.3 is 10.6 Å². The van der Waals surface area contributed by atoms with Gasteiger partial charge in [0.25, 0.3) is 0 Å². The Bertz CT molecular complexity index is 335. The van der Waals surface area contributed by atoms with Crippen molar-refractivity contribution < 1.29 is 13.2 Å². The highest BCUT2D eigenvalue weighted by atomic mass is 127. The smallest absolute Gasteiger partial charge is 0.357 e. The Kier molecular flexibility index (Phi) is 10.4. The Morgan fingerprint density at radius 2 is 2.05 bits per heavy atom. The van der Waals surface area contributed by atoms with Crippen LogP contribution in [-0.2, 0) is 0 Å². The minimum atomic E-state index is -4.12. The van der Waals surface area contributed by atoms with Crippen molar-refractivity contribution in [3.63, 3.8) is 0 Å². The molecule has 22 heavy (non-hydrogen) atoms. The van der Waals surface area contributed by atoms with Gasteiger partial charge in [-0.3, -0.25) is 9.89 Å². The summed E-state index contributed by atoms with van der Waals surface area (Å²) >= 11 is 0. The first-order valence-corrected chi connectivity index (χ1v) is 7.64. The highest BCUT2D eigenvalue weighted by Crippen LogP contribution is 2.19. The lowest BCUT2D eigenvalue weighted by molar-refractivity contribution is -0.143. The Labute approximate surface area is 148 Å². The van der Waals surface area contributed by atoms with Crippen LogP contribution in [0.15, 0.2) is 4.99 Å². The Balaban J connectivity index is 0.00000441. The monoisotopic (exact) mass is 436 g/mol. The highest BCUT2D eigenvalue weighted by molar-refractivity contribution is 14.0. The summed E-state index contributed by atoms with van der Waals surface area (Å²) in [6.07, 6.45) is -2.41. The predicted octanol–water partition coefficient (Wildman–Crippen LogP) is 2.84. The van der Waals surface area contributed by atoms with E-state index in [0.717, 1.165) is 19.5 Å². The van der Waals surface area contributed by atoms with Crippen LogP contribution in [0.3, 0.4) is 0 Å². The molecule has 1 atom stereocenters. The number of rotatable bonds is 6. The van der Waals surface area contributed by atoms with Gasteiger partial charge in [0, 0.05) is 32.2 Å². The number of hydrogen-bond acceptors (Lipinski definition) is 2. The number of hydrogen-bond donors (Lipinski definition) is 2. The van der Waals surface area contributed by atoms with Crippen molar-refractivity contribution >= 4 is 29.9 Å². The molecule has 0 aliphatic carbocycles. The summed E-state index contributed by atoms with van der Waals surface area (Å²) < 4.78 is 37.1. The summed E-state index contributed by atoms with van der Waals surface area (Å²) in [7, 11) is 0. The van der Waals surface area contributed by atoms with Crippen LogP contribution in [0, 0.1) is 5.92 Å². The molecular weight excluding hydrogens is 408 g/mol. The van der Waals surface area contributed by atoms with Crippen molar-refractivity contribution in [3.8, 4) is 0 Å². The third kappa shape index (κ3) is 9.70. The molecule has 1 rings (SSSR count). The Morgan fingerprint density at radius 1 is 1.36 bits per heavy atom. The van der Waals surface area contributed by atoms with Crippen molar-refractivity contribution in [2.75, 3.05) is 32.7 Å². The molecule has 1 heterocycles. The van der Waals surface area contributed by atoms with Crippen LogP contribution in [0.5, 0.6) is 0 Å². The largest absolute Gasteiger partial charge is 0.401 e. The van der Waals surface area contributed by atoms with Crippen LogP contribution < -0.4 is 10.6 Å². The lowest BCUT2D eigenvalue weighted by Gasteiger charge is -2.19. The maximum absolute atomic E-state index is 12.4. The van der Waals surface area contributed by atoms with E-state index in [0.29, 0.717) is 31.4 Å². The van der Waals surface area contributed by atoms with Gasteiger partial charge in [-0.2, -0.15) is 13.2 Å². The van der Waals surface area contributed by atoms with E-state index in [2.05, 4.69) is 29.5 Å². The minimum Gasteiger partial charge on any atom is -0.357 e. The summed E-state index contributed by atoms with van der Waals surface area (Å²) in [5, 5.41) is 6.38. The number of aliphatic imine (C=N–C) groups is 1. The minimum absolute atomic E-state index is 0. The fraction of sp³-hybridized carbons (Fsp3) is 0.929. The molecule has 0 bridgehead atoms. The lowest BCUT2D eigenvalue weighted by Crippen LogP contribution is -2.45. The zero-order valence-corrected chi connectivity index (χ0v) is 15.9. The average molecular weight is 436 g/mol. The average Bonchev–Trinajstić information content (AvgIpc) is 2.73. The second-order valence-corrected chi connectivity index (χ2v) is 5.92. The van der Waals surface area contributed by atoms with Crippen molar-refractivity contribution in [1.29, 1.82) is 0 Å². The molecule has 0 amide bonds. The number of likely N-dealkylation sites (tertiary alicyclic amines) is 1. The first-order chi connectivity index (χ1) is 9.80. The number of nitrogens with zero attached hydrogens (tertiary/aromatic N) is 2. The number of nitrogens with one attached hydrogen (secondary N) is 2. The predicted molar refractivity (Wildman–Crippen MR) is 94.9 cm³/mol. The third-order valence-corrected chi connectivity index (χ3v) is 3.34. The van der Waals surface area contributed by atoms with E-state index in [1.807, 2.05) is 6.92 Å². The summed E-state index contributed by atoms with van der Waals surface area (Å²) in [5.41, 5.74) is 0. The molecule has 1 unspecified atom stereocenters. The molecule has 8 heteroatoms. The van der Waals surface area contributed by atoms with Crippen LogP contribution in [0.2, 0.25) is 0 Å². The van der Waals surface area contributed by atoms with E-state index in [1.165, 1.54) is 4.90 Å². The molecule has 0 aromatic rings. The molecule has 0 aromatic heterocycles. The molecule has 4 nitrogen and oxygen atoms in total. The van der Waals surface area contributed by atoms with Crippen LogP contribution >= 0.6 is 24.0 Å². The van der Waals surface area contributed by atoms with Gasteiger partial charge in [0.1, 0.15) is 0 Å². The zero-order valence-electron chi connectivity index (χ0n) is 13.5. The van der Waals surface area contributed by atoms with E-state index < -0.39 is 12.7 Å². The molecule has 2 N–H and O–H groups in total. The molecule has 0 aromatic carbocycles. The van der Waals surface area contributed by atoms with Gasteiger partial charge in [-0.05, 0) is 25.7 Å². The van der Waals surface area contributed by atoms with E-state index >= 15 is 0 Å². The molecule has 1 fully saturated rings. The van der Waals surface area contributed by atoms with E-state index in [1.54, 1.807) is 0 Å². The molecule has 1 aliphatic rings. The number of guanidine groups is 1. The maximum Gasteiger partial charge on any atom is 0.401 e. The summed E-state index contributed by atoms with van der Waals surface area (Å²) in [6, 6.07) is 0.0317. The lowest BCUT2D eigenvalue weighted by atomic mass is 10.1. The molecular formula is C14H28F3IN4. The first kappa shape index (κ1) is 21.8. The van der Waals surface area contributed by atoms with Crippen molar-refractivity contribution in [1.82, 2.24) is 15.5 Å². The highest BCUT2D eigenvalue weighted by Gasteiger charge is 2.34. The van der Waals surface area contributed by atoms with Gasteiger partial charge in [-0.15, -0.1) is 24.0 Å². The standard InChI is InChI=1S/C14H27F3N4.HI/c1-4-18-13(19-7-5-11(2)3)20-12-6-8-21(9-12)10-14(15,16)17;/h11-12H,4-10H2,1-3H3,(H2,18,19,20);1H. The summed E-state index contributed by atoms with van der Waals surface area (Å²) in [5.74, 6) is 1.29. The third-order valence-electron chi connectivity index (χ3n) is 3.34. The van der Waals surface area contributed by atoms with Crippen LogP contribution in [0.4, 0.5) is 13.2 Å². The van der Waals surface area contributed by atoms with Crippen LogP contribution in [-0.4, -0.2) is 55.8 Å². The van der Waals surface area contributed by atoms with Crippen LogP contribution in [0.1, 0.15) is 33.6 Å². The fourth-order valence-corrected chi connectivity index (χ4v) is 2.30. The topological polar surface area (TPSA) is 39.7 Å². The quantitative estimate of drug-likeness (QED) is 0.382. The fourth-order valence-electron chi connectivity index (χ4n) is 2.30. The second-order valence-electron chi connectivity index (χ2n) is 5.92. The zero-order chi connectivity index (χ0) is 15.9. The summed E-state index contributed by atoms with van der Waals surface area (Å²) in [6.45, 7) is 7.79. The van der Waals surface area contributed by atoms with Gasteiger partial charge in [-0.25, -0.2) is 0 Å². The molecule has 0 spiro atoms. The Morgan fingerprint density at radius 3 is 2.59 bits per heavy atom. The maximum atomic E-state index is 12.4. The molecule has 1 aliphatic heterocycles. The Hall–Kier alpha value is -0.250. The van der Waals surface area contributed by atoms with E-state index in [9.17, 15) is 13.2 Å². The van der Waals surface area contributed by atoms with Crippen LogP contribution in [0.25, 0.3) is 0 Å². The van der Waals surface area contributed by atoms with Gasteiger partial charge in [0.15, 0.2) is 5.96 Å². The molecule has 0 radical (unpaired) electrons. The van der Waals surface area contributed by atoms with Crippen molar-refractivity contribution in [3.05, 3.63) is 0 Å². The van der Waals surface area contributed by atoms with E-state index in [-0.39, 0.29) is 30.0 Å². The second kappa shape index (κ2) is 10.5. The van der Waals surface area contributed by atoms with Crippen molar-refractivity contribution in [2.45, 2.75) is 45.8 Å². The van der Waals surface area contributed by atoms with Gasteiger partial charge in [-0.1, -0.05) is 13.8 Å². The van der Waals surface area contributed by atoms with Crippen molar-refractivity contribution in [2.24, 2.45) is 10.9 Å². The van der Waals surface area contributed by atoms with Gasteiger partial charge in [0.05, 0.1) is 6.54 Å². The number of halogens is 4. The molecule has 132 valence electrons. The van der Waals surface area contributed by atoms with Gasteiger partial charge in [0.2, 0.25) is 0 Å². The summed E-state index contributed by atoms with van der Waals surface area (Å²) in [4.78, 5) is 5.91. The van der Waals surface area contributed by atoms with E-state index in [4.69, 9.17) is 0 Å². The van der Waals surface area contributed by atoms with Gasteiger partial charge >= 0.3 is 6.18 Å². The number of alkyl halides is 3. The molecule has 0 saturated carbocycles.